The summed E-state index contributed by atoms with van der Waals surface area (Å²) in [4.78, 5) is 23.3. The van der Waals surface area contributed by atoms with Gasteiger partial charge in [-0.25, -0.2) is 0 Å². The summed E-state index contributed by atoms with van der Waals surface area (Å²) in [5, 5.41) is 20.4. The van der Waals surface area contributed by atoms with E-state index in [1.807, 2.05) is 0 Å². The number of hydrogen-bond acceptors (Lipinski definition) is 4. The van der Waals surface area contributed by atoms with E-state index < -0.39 is 12.1 Å². The summed E-state index contributed by atoms with van der Waals surface area (Å²) in [7, 11) is 3.31. The summed E-state index contributed by atoms with van der Waals surface area (Å²) in [5.41, 5.74) is 0. The van der Waals surface area contributed by atoms with Gasteiger partial charge in [0.25, 0.3) is 0 Å². The van der Waals surface area contributed by atoms with Crippen molar-refractivity contribution in [3.05, 3.63) is 0 Å². The van der Waals surface area contributed by atoms with Crippen LogP contribution in [0.2, 0.25) is 0 Å². The lowest BCUT2D eigenvalue weighted by Gasteiger charge is -2.22. The highest BCUT2D eigenvalue weighted by atomic mass is 16.4. The van der Waals surface area contributed by atoms with Crippen LogP contribution in [-0.4, -0.2) is 60.3 Å². The van der Waals surface area contributed by atoms with Crippen LogP contribution in [0.3, 0.4) is 0 Å². The molecule has 94 valence electrons. The summed E-state index contributed by atoms with van der Waals surface area (Å²) in [6.07, 6.45) is -1.18. The maximum atomic E-state index is 11.2. The van der Waals surface area contributed by atoms with Gasteiger partial charge in [0.2, 0.25) is 5.91 Å². The minimum atomic E-state index is -1.03. The topological polar surface area (TPSA) is 89.9 Å². The predicted molar refractivity (Wildman–Crippen MR) is 59.0 cm³/mol. The number of carbonyl (C=O) groups is 2. The fraction of sp³-hybridized carbons (Fsp3) is 0.800. The number of aliphatic hydroxyl groups excluding tert-OH is 1. The van der Waals surface area contributed by atoms with Gasteiger partial charge in [0, 0.05) is 26.1 Å². The van der Waals surface area contributed by atoms with Crippen LogP contribution >= 0.6 is 0 Å². The van der Waals surface area contributed by atoms with E-state index in [9.17, 15) is 14.7 Å². The van der Waals surface area contributed by atoms with Crippen LogP contribution in [0.1, 0.15) is 13.3 Å². The average molecular weight is 232 g/mol. The third-order valence-corrected chi connectivity index (χ3v) is 2.21. The molecular formula is C10H20N2O4. The molecule has 0 aromatic carbocycles. The van der Waals surface area contributed by atoms with Crippen molar-refractivity contribution < 1.29 is 19.8 Å². The monoisotopic (exact) mass is 232 g/mol. The molecule has 0 radical (unpaired) electrons. The van der Waals surface area contributed by atoms with Crippen LogP contribution < -0.4 is 5.32 Å². The van der Waals surface area contributed by atoms with Crippen molar-refractivity contribution >= 4 is 11.9 Å². The van der Waals surface area contributed by atoms with Crippen molar-refractivity contribution in [2.75, 3.05) is 27.2 Å². The minimum Gasteiger partial charge on any atom is -0.481 e. The number of likely N-dealkylation sites (N-methyl/N-ethyl adjacent to an activating group) is 1. The highest BCUT2D eigenvalue weighted by molar-refractivity contribution is 5.78. The van der Waals surface area contributed by atoms with E-state index in [2.05, 4.69) is 5.32 Å². The van der Waals surface area contributed by atoms with Crippen LogP contribution in [0.5, 0.6) is 0 Å². The third kappa shape index (κ3) is 6.36. The summed E-state index contributed by atoms with van der Waals surface area (Å²) >= 11 is 0. The number of carbonyl (C=O) groups excluding carboxylic acids is 1. The molecule has 0 aromatic rings. The zero-order valence-corrected chi connectivity index (χ0v) is 9.93. The molecule has 3 N–H and O–H groups in total. The van der Waals surface area contributed by atoms with E-state index in [1.54, 1.807) is 25.9 Å². The van der Waals surface area contributed by atoms with Gasteiger partial charge in [-0.05, 0) is 7.05 Å². The van der Waals surface area contributed by atoms with Gasteiger partial charge in [0.05, 0.1) is 12.5 Å². The Kier molecular flexibility index (Phi) is 6.67. The van der Waals surface area contributed by atoms with Crippen LogP contribution in [0.4, 0.5) is 0 Å². The molecule has 0 rings (SSSR count). The normalized spacial score (nSPS) is 14.6. The number of rotatable bonds is 7. The lowest BCUT2D eigenvalue weighted by molar-refractivity contribution is -0.139. The molecule has 0 aliphatic carbocycles. The van der Waals surface area contributed by atoms with Crippen molar-refractivity contribution in [3.8, 4) is 0 Å². The molecule has 0 fully saturated rings. The molecule has 0 aromatic heterocycles. The van der Waals surface area contributed by atoms with Gasteiger partial charge in [-0.2, -0.15) is 0 Å². The van der Waals surface area contributed by atoms with E-state index in [0.29, 0.717) is 6.54 Å². The Morgan fingerprint density at radius 2 is 1.94 bits per heavy atom. The van der Waals surface area contributed by atoms with Crippen molar-refractivity contribution in [2.24, 2.45) is 5.92 Å². The van der Waals surface area contributed by atoms with Gasteiger partial charge in [-0.15, -0.1) is 0 Å². The van der Waals surface area contributed by atoms with Gasteiger partial charge in [-0.1, -0.05) is 6.92 Å². The largest absolute Gasteiger partial charge is 0.481 e. The molecule has 0 saturated heterocycles. The highest BCUT2D eigenvalue weighted by Gasteiger charge is 2.17. The molecule has 2 unspecified atom stereocenters. The summed E-state index contributed by atoms with van der Waals surface area (Å²) < 4.78 is 0. The number of amides is 1. The molecule has 0 saturated carbocycles. The van der Waals surface area contributed by atoms with E-state index in [4.69, 9.17) is 5.11 Å². The molecule has 0 aliphatic heterocycles. The van der Waals surface area contributed by atoms with E-state index in [0.717, 1.165) is 0 Å². The second kappa shape index (κ2) is 7.19. The van der Waals surface area contributed by atoms with Gasteiger partial charge < -0.3 is 20.4 Å². The minimum absolute atomic E-state index is 0.0698. The highest BCUT2D eigenvalue weighted by Crippen LogP contribution is 2.01. The third-order valence-electron chi connectivity index (χ3n) is 2.21. The van der Waals surface area contributed by atoms with Crippen LogP contribution in [0, 0.1) is 5.92 Å². The van der Waals surface area contributed by atoms with E-state index >= 15 is 0 Å². The Labute approximate surface area is 95.2 Å². The first kappa shape index (κ1) is 14.9. The Hall–Kier alpha value is -1.14. The first-order valence-corrected chi connectivity index (χ1v) is 5.16. The first-order valence-electron chi connectivity index (χ1n) is 5.16. The molecule has 6 heteroatoms. The van der Waals surface area contributed by atoms with Crippen LogP contribution in [0.25, 0.3) is 0 Å². The number of aliphatic hydroxyl groups is 1. The Morgan fingerprint density at radius 1 is 1.38 bits per heavy atom. The Balaban J connectivity index is 3.93. The second-order valence-electron chi connectivity index (χ2n) is 3.99. The fourth-order valence-corrected chi connectivity index (χ4v) is 1.50. The maximum Gasteiger partial charge on any atom is 0.306 e. The predicted octanol–water partition coefficient (Wildman–Crippen LogP) is -0.864. The zero-order chi connectivity index (χ0) is 12.7. The summed E-state index contributed by atoms with van der Waals surface area (Å²) in [5.74, 6) is -1.29. The average Bonchev–Trinajstić information content (AvgIpc) is 2.14. The molecule has 0 aliphatic rings. The molecule has 0 spiro atoms. The number of carboxylic acids is 1. The maximum absolute atomic E-state index is 11.2. The molecule has 0 bridgehead atoms. The van der Waals surface area contributed by atoms with Crippen LogP contribution in [-0.2, 0) is 9.59 Å². The SMILES string of the molecule is CNC(=O)C(C)CN(C)CC(O)CC(=O)O. The van der Waals surface area contributed by atoms with Gasteiger partial charge >= 0.3 is 5.97 Å². The van der Waals surface area contributed by atoms with E-state index in [-0.39, 0.29) is 24.8 Å². The summed E-state index contributed by atoms with van der Waals surface area (Å²) in [6, 6.07) is 0. The quantitative estimate of drug-likeness (QED) is 0.531. The van der Waals surface area contributed by atoms with E-state index in [1.165, 1.54) is 0 Å². The molecule has 2 atom stereocenters. The van der Waals surface area contributed by atoms with Crippen LogP contribution in [0.15, 0.2) is 0 Å². The Bertz CT molecular complexity index is 245. The molecule has 16 heavy (non-hydrogen) atoms. The standard InChI is InChI=1S/C10H20N2O4/c1-7(10(16)11-2)5-12(3)6-8(13)4-9(14)15/h7-8,13H,4-6H2,1-3H3,(H,11,16)(H,14,15). The number of hydrogen-bond donors (Lipinski definition) is 3. The second-order valence-corrected chi connectivity index (χ2v) is 3.99. The number of nitrogens with zero attached hydrogens (tertiary/aromatic N) is 1. The zero-order valence-electron chi connectivity index (χ0n) is 9.93. The smallest absolute Gasteiger partial charge is 0.306 e. The van der Waals surface area contributed by atoms with Gasteiger partial charge in [0.15, 0.2) is 0 Å². The number of aliphatic carboxylic acids is 1. The number of nitrogens with one attached hydrogen (secondary N) is 1. The van der Waals surface area contributed by atoms with Gasteiger partial charge in [-0.3, -0.25) is 9.59 Å². The first-order chi connectivity index (χ1) is 7.36. The molecule has 1 amide bonds. The van der Waals surface area contributed by atoms with Crippen molar-refractivity contribution in [3.63, 3.8) is 0 Å². The molecule has 6 nitrogen and oxygen atoms in total. The molecule has 0 heterocycles. The number of carboxylic acid groups (broad SMARTS) is 1. The van der Waals surface area contributed by atoms with Crippen molar-refractivity contribution in [1.29, 1.82) is 0 Å². The summed E-state index contributed by atoms with van der Waals surface area (Å²) in [6.45, 7) is 2.50. The van der Waals surface area contributed by atoms with Crippen molar-refractivity contribution in [1.82, 2.24) is 10.2 Å². The van der Waals surface area contributed by atoms with Gasteiger partial charge in [0.1, 0.15) is 0 Å². The lowest BCUT2D eigenvalue weighted by Crippen LogP contribution is -2.38. The fourth-order valence-electron chi connectivity index (χ4n) is 1.50. The lowest BCUT2D eigenvalue weighted by atomic mass is 10.1. The van der Waals surface area contributed by atoms with Crippen molar-refractivity contribution in [2.45, 2.75) is 19.4 Å². The Morgan fingerprint density at radius 3 is 2.38 bits per heavy atom. The molecular weight excluding hydrogens is 212 g/mol.